The van der Waals surface area contributed by atoms with Crippen LogP contribution >= 0.6 is 0 Å². The van der Waals surface area contributed by atoms with E-state index < -0.39 is 17.7 Å². The van der Waals surface area contributed by atoms with Crippen LogP contribution in [0.3, 0.4) is 0 Å². The molecule has 0 atom stereocenters. The van der Waals surface area contributed by atoms with Crippen LogP contribution in [-0.2, 0) is 0 Å². The summed E-state index contributed by atoms with van der Waals surface area (Å²) < 4.78 is 26.4. The van der Waals surface area contributed by atoms with Gasteiger partial charge in [0.25, 0.3) is 0 Å². The van der Waals surface area contributed by atoms with Gasteiger partial charge in [-0.2, -0.15) is 0 Å². The second-order valence-electron chi connectivity index (χ2n) is 5.30. The van der Waals surface area contributed by atoms with Gasteiger partial charge in [-0.25, -0.2) is 23.5 Å². The largest absolute Gasteiger partial charge is 0.323 e. The second-order valence-corrected chi connectivity index (χ2v) is 5.30. The molecule has 122 valence electrons. The zero-order valence-electron chi connectivity index (χ0n) is 13.0. The highest BCUT2D eigenvalue weighted by molar-refractivity contribution is 6.00. The van der Waals surface area contributed by atoms with E-state index >= 15 is 0 Å². The first-order valence-electron chi connectivity index (χ1n) is 7.20. The van der Waals surface area contributed by atoms with Crippen LogP contribution in [0.4, 0.5) is 25.0 Å². The lowest BCUT2D eigenvalue weighted by Crippen LogP contribution is -2.20. The molecule has 0 bridgehead atoms. The van der Waals surface area contributed by atoms with Crippen molar-refractivity contribution in [2.75, 3.05) is 10.6 Å². The first-order chi connectivity index (χ1) is 11.4. The van der Waals surface area contributed by atoms with Gasteiger partial charge in [-0.05, 0) is 44.2 Å². The van der Waals surface area contributed by atoms with E-state index in [2.05, 4.69) is 20.6 Å². The van der Waals surface area contributed by atoms with E-state index in [9.17, 15) is 13.6 Å². The van der Waals surface area contributed by atoms with Gasteiger partial charge in [-0.1, -0.05) is 0 Å². The minimum Gasteiger partial charge on any atom is -0.308 e. The van der Waals surface area contributed by atoms with Crippen LogP contribution in [0, 0.1) is 25.5 Å². The fraction of sp³-hybridized carbons (Fsp3) is 0.118. The zero-order valence-corrected chi connectivity index (χ0v) is 13.0. The van der Waals surface area contributed by atoms with Crippen LogP contribution < -0.4 is 10.6 Å². The van der Waals surface area contributed by atoms with Gasteiger partial charge in [0.2, 0.25) is 0 Å². The van der Waals surface area contributed by atoms with E-state index in [0.717, 1.165) is 23.5 Å². The van der Waals surface area contributed by atoms with Gasteiger partial charge in [0.1, 0.15) is 11.6 Å². The molecule has 0 aliphatic carbocycles. The summed E-state index contributed by atoms with van der Waals surface area (Å²) in [5.74, 6) is -1.56. The van der Waals surface area contributed by atoms with Gasteiger partial charge >= 0.3 is 6.03 Å². The van der Waals surface area contributed by atoms with Crippen molar-refractivity contribution in [1.29, 1.82) is 0 Å². The first kappa shape index (κ1) is 15.8. The molecule has 5 nitrogen and oxygen atoms in total. The molecule has 24 heavy (non-hydrogen) atoms. The summed E-state index contributed by atoms with van der Waals surface area (Å²) >= 11 is 0. The molecule has 3 rings (SSSR count). The quantitative estimate of drug-likeness (QED) is 0.742. The van der Waals surface area contributed by atoms with Crippen molar-refractivity contribution < 1.29 is 13.6 Å². The number of urea groups is 1. The van der Waals surface area contributed by atoms with Gasteiger partial charge in [0.05, 0.1) is 28.1 Å². The number of fused-ring (bicyclic) bond motifs is 1. The molecule has 0 unspecified atom stereocenters. The molecule has 0 radical (unpaired) electrons. The summed E-state index contributed by atoms with van der Waals surface area (Å²) in [4.78, 5) is 20.8. The molecule has 2 amide bonds. The predicted octanol–water partition coefficient (Wildman–Crippen LogP) is 4.17. The number of carbonyl (C=O) groups is 1. The number of hydrogen-bond acceptors (Lipinski definition) is 3. The lowest BCUT2D eigenvalue weighted by atomic mass is 10.2. The summed E-state index contributed by atoms with van der Waals surface area (Å²) in [6.07, 6.45) is 0. The van der Waals surface area contributed by atoms with Crippen LogP contribution in [0.15, 0.2) is 36.4 Å². The topological polar surface area (TPSA) is 66.9 Å². The number of aryl methyl sites for hydroxylation is 2. The van der Waals surface area contributed by atoms with E-state index in [1.54, 1.807) is 18.2 Å². The molecule has 0 saturated heterocycles. The van der Waals surface area contributed by atoms with Crippen LogP contribution in [-0.4, -0.2) is 16.0 Å². The fourth-order valence-corrected chi connectivity index (χ4v) is 2.18. The maximum atomic E-state index is 13.5. The molecule has 3 aromatic rings. The molecule has 1 aromatic heterocycles. The van der Waals surface area contributed by atoms with Gasteiger partial charge in [0, 0.05) is 11.8 Å². The monoisotopic (exact) mass is 328 g/mol. The average molecular weight is 328 g/mol. The molecule has 7 heteroatoms. The van der Waals surface area contributed by atoms with Crippen molar-refractivity contribution in [1.82, 2.24) is 9.97 Å². The van der Waals surface area contributed by atoms with Crippen molar-refractivity contribution in [3.8, 4) is 0 Å². The Labute approximate surface area is 136 Å². The lowest BCUT2D eigenvalue weighted by molar-refractivity contribution is 0.262. The molecule has 2 N–H and O–H groups in total. The van der Waals surface area contributed by atoms with Gasteiger partial charge in [0.15, 0.2) is 0 Å². The maximum Gasteiger partial charge on any atom is 0.323 e. The fourth-order valence-electron chi connectivity index (χ4n) is 2.18. The summed E-state index contributed by atoms with van der Waals surface area (Å²) in [5.41, 5.74) is 3.38. The number of benzene rings is 2. The number of aromatic nitrogens is 2. The number of halogens is 2. The number of nitrogens with one attached hydrogen (secondary N) is 2. The van der Waals surface area contributed by atoms with Crippen molar-refractivity contribution in [2.24, 2.45) is 0 Å². The SMILES string of the molecule is Cc1nc2ccc(NC(=O)Nc3ccc(F)cc3F)cc2nc1C. The summed E-state index contributed by atoms with van der Waals surface area (Å²) in [5, 5.41) is 4.91. The molecular formula is C17H14F2N4O. The Bertz CT molecular complexity index is 943. The third kappa shape index (κ3) is 3.29. The van der Waals surface area contributed by atoms with Crippen LogP contribution in [0.5, 0.6) is 0 Å². The van der Waals surface area contributed by atoms with Gasteiger partial charge in [-0.15, -0.1) is 0 Å². The van der Waals surface area contributed by atoms with Gasteiger partial charge in [-0.3, -0.25) is 0 Å². The molecular weight excluding hydrogens is 314 g/mol. The van der Waals surface area contributed by atoms with Crippen molar-refractivity contribution in [3.05, 3.63) is 59.4 Å². The van der Waals surface area contributed by atoms with E-state index in [4.69, 9.17) is 0 Å². The maximum absolute atomic E-state index is 13.5. The normalized spacial score (nSPS) is 10.7. The third-order valence-electron chi connectivity index (χ3n) is 3.51. The van der Waals surface area contributed by atoms with E-state index in [0.29, 0.717) is 22.8 Å². The Kier molecular flexibility index (Phi) is 4.07. The van der Waals surface area contributed by atoms with Crippen molar-refractivity contribution >= 4 is 28.4 Å². The molecule has 0 aliphatic heterocycles. The number of carbonyl (C=O) groups excluding carboxylic acids is 1. The van der Waals surface area contributed by atoms with Gasteiger partial charge < -0.3 is 10.6 Å². The average Bonchev–Trinajstić information content (AvgIpc) is 2.51. The number of nitrogens with zero attached hydrogens (tertiary/aromatic N) is 2. The molecule has 0 fully saturated rings. The minimum atomic E-state index is -0.847. The Morgan fingerprint density at radius 3 is 2.33 bits per heavy atom. The van der Waals surface area contributed by atoms with E-state index in [1.807, 2.05) is 13.8 Å². The van der Waals surface area contributed by atoms with E-state index in [-0.39, 0.29) is 5.69 Å². The number of anilines is 2. The summed E-state index contributed by atoms with van der Waals surface area (Å²) in [6.45, 7) is 3.73. The Morgan fingerprint density at radius 2 is 1.62 bits per heavy atom. The van der Waals surface area contributed by atoms with Crippen LogP contribution in [0.1, 0.15) is 11.4 Å². The highest BCUT2D eigenvalue weighted by Crippen LogP contribution is 2.19. The predicted molar refractivity (Wildman–Crippen MR) is 88.0 cm³/mol. The minimum absolute atomic E-state index is 0.110. The van der Waals surface area contributed by atoms with Crippen molar-refractivity contribution in [3.63, 3.8) is 0 Å². The second kappa shape index (κ2) is 6.19. The summed E-state index contributed by atoms with van der Waals surface area (Å²) in [6, 6.07) is 7.37. The number of amides is 2. The lowest BCUT2D eigenvalue weighted by Gasteiger charge is -2.09. The molecule has 1 heterocycles. The molecule has 0 aliphatic rings. The highest BCUT2D eigenvalue weighted by Gasteiger charge is 2.09. The highest BCUT2D eigenvalue weighted by atomic mass is 19.1. The summed E-state index contributed by atoms with van der Waals surface area (Å²) in [7, 11) is 0. The third-order valence-corrected chi connectivity index (χ3v) is 3.51. The van der Waals surface area contributed by atoms with Crippen molar-refractivity contribution in [2.45, 2.75) is 13.8 Å². The standard InChI is InChI=1S/C17H14F2N4O/c1-9-10(2)21-16-8-12(4-6-15(16)20-9)22-17(24)23-14-5-3-11(18)7-13(14)19/h3-8H,1-2H3,(H2,22,23,24). The Balaban J connectivity index is 1.78. The zero-order chi connectivity index (χ0) is 17.3. The first-order valence-corrected chi connectivity index (χ1v) is 7.20. The molecule has 0 saturated carbocycles. The van der Waals surface area contributed by atoms with Crippen LogP contribution in [0.2, 0.25) is 0 Å². The Morgan fingerprint density at radius 1 is 0.917 bits per heavy atom. The molecule has 0 spiro atoms. The van der Waals surface area contributed by atoms with E-state index in [1.165, 1.54) is 0 Å². The number of hydrogen-bond donors (Lipinski definition) is 2. The molecule has 2 aromatic carbocycles. The Hall–Kier alpha value is -3.09. The smallest absolute Gasteiger partial charge is 0.308 e. The van der Waals surface area contributed by atoms with Crippen LogP contribution in [0.25, 0.3) is 11.0 Å². The number of rotatable bonds is 2.